The monoisotopic (exact) mass is 489 g/mol. The minimum Gasteiger partial charge on any atom is -0.329 e. The minimum absolute atomic E-state index is 0.0920. The highest BCUT2D eigenvalue weighted by molar-refractivity contribution is 5.98. The van der Waals surface area contributed by atoms with Crippen LogP contribution in [0, 0.1) is 5.82 Å². The first-order valence-electron chi connectivity index (χ1n) is 9.74. The van der Waals surface area contributed by atoms with E-state index < -0.39 is 42.5 Å². The van der Waals surface area contributed by atoms with Gasteiger partial charge in [0.1, 0.15) is 5.69 Å². The third kappa shape index (κ3) is 7.23. The summed E-state index contributed by atoms with van der Waals surface area (Å²) in [5, 5.41) is 10.3. The average molecular weight is 489 g/mol. The molecule has 1 heterocycles. The highest BCUT2D eigenvalue weighted by Gasteiger charge is 2.32. The van der Waals surface area contributed by atoms with Gasteiger partial charge in [0.25, 0.3) is 12.3 Å². The second kappa shape index (κ2) is 12.1. The van der Waals surface area contributed by atoms with Crippen LogP contribution < -0.4 is 5.32 Å². The maximum Gasteiger partial charge on any atom is 0.419 e. The number of alkyl halides is 5. The summed E-state index contributed by atoms with van der Waals surface area (Å²) in [5.74, 6) is -1.73. The molecule has 1 N–H and O–H groups in total. The van der Waals surface area contributed by atoms with Crippen LogP contribution in [0.3, 0.4) is 0 Å². The molecule has 0 unspecified atom stereocenters. The molecule has 2 aromatic rings. The second-order valence-corrected chi connectivity index (χ2v) is 6.84. The molecule has 1 amide bonds. The molecule has 0 radical (unpaired) electrons. The van der Waals surface area contributed by atoms with E-state index in [4.69, 9.17) is 0 Å². The van der Waals surface area contributed by atoms with E-state index >= 15 is 0 Å². The van der Waals surface area contributed by atoms with Crippen molar-refractivity contribution < 1.29 is 31.1 Å². The smallest absolute Gasteiger partial charge is 0.329 e. The van der Waals surface area contributed by atoms with Crippen molar-refractivity contribution in [2.75, 3.05) is 19.8 Å². The Kier molecular flexibility index (Phi) is 9.47. The summed E-state index contributed by atoms with van der Waals surface area (Å²) in [6.45, 7) is 3.06. The molecule has 0 saturated heterocycles. The first-order valence-corrected chi connectivity index (χ1v) is 9.74. The first-order chi connectivity index (χ1) is 16.1. The van der Waals surface area contributed by atoms with Gasteiger partial charge in [-0.25, -0.2) is 13.2 Å². The lowest BCUT2D eigenvalue weighted by atomic mass is 10.1. The van der Waals surface area contributed by atoms with Gasteiger partial charge in [-0.05, 0) is 25.8 Å². The Balaban J connectivity index is 2.15. The molecule has 2 rings (SSSR count). The van der Waals surface area contributed by atoms with Crippen LogP contribution in [0.2, 0.25) is 0 Å². The van der Waals surface area contributed by atoms with E-state index in [2.05, 4.69) is 32.2 Å². The van der Waals surface area contributed by atoms with Crippen LogP contribution in [0.25, 0.3) is 5.69 Å². The van der Waals surface area contributed by atoms with E-state index in [9.17, 15) is 31.1 Å². The van der Waals surface area contributed by atoms with Gasteiger partial charge in [0, 0.05) is 25.0 Å². The van der Waals surface area contributed by atoms with E-state index in [1.54, 1.807) is 0 Å². The molecule has 0 fully saturated rings. The van der Waals surface area contributed by atoms with Gasteiger partial charge >= 0.3 is 6.18 Å². The maximum atomic E-state index is 14.4. The van der Waals surface area contributed by atoms with Crippen molar-refractivity contribution in [1.29, 1.82) is 0 Å². The van der Waals surface area contributed by atoms with Crippen LogP contribution in [0.15, 0.2) is 52.4 Å². The number of hydrogen-bond donors (Lipinski definition) is 1. The molecular weight excluding hydrogens is 468 g/mol. The highest BCUT2D eigenvalue weighted by atomic mass is 19.4. The number of halogens is 6. The molecule has 0 bridgehead atoms. The van der Waals surface area contributed by atoms with Crippen molar-refractivity contribution in [3.63, 3.8) is 0 Å². The number of benzene rings is 1. The SMILES string of the molecule is C=N/C=C(\C=N/CNC[C@H](C)N(CC(F)F)C(=O)c1cccc(F)c1-n1nccn1)C(F)(F)F. The lowest BCUT2D eigenvalue weighted by Gasteiger charge is -2.29. The number of amides is 1. The maximum absolute atomic E-state index is 14.4. The summed E-state index contributed by atoms with van der Waals surface area (Å²) < 4.78 is 79.2. The van der Waals surface area contributed by atoms with Crippen LogP contribution in [-0.2, 0) is 0 Å². The van der Waals surface area contributed by atoms with Gasteiger partial charge in [-0.1, -0.05) is 6.07 Å². The summed E-state index contributed by atoms with van der Waals surface area (Å²) in [6.07, 6.45) is -4.00. The highest BCUT2D eigenvalue weighted by Crippen LogP contribution is 2.24. The Morgan fingerprint density at radius 2 is 1.97 bits per heavy atom. The van der Waals surface area contributed by atoms with Crippen molar-refractivity contribution >= 4 is 18.8 Å². The third-order valence-electron chi connectivity index (χ3n) is 4.39. The number of nitrogens with one attached hydrogen (secondary N) is 1. The van der Waals surface area contributed by atoms with Gasteiger partial charge in [-0.3, -0.25) is 20.1 Å². The van der Waals surface area contributed by atoms with Crippen molar-refractivity contribution in [2.24, 2.45) is 9.98 Å². The normalized spacial score (nSPS) is 13.5. The molecular formula is C20H21F6N7O. The lowest BCUT2D eigenvalue weighted by Crippen LogP contribution is -2.46. The molecule has 34 heavy (non-hydrogen) atoms. The fourth-order valence-corrected chi connectivity index (χ4v) is 2.86. The van der Waals surface area contributed by atoms with E-state index in [0.29, 0.717) is 12.4 Å². The molecule has 0 saturated carbocycles. The molecule has 0 aliphatic rings. The fourth-order valence-electron chi connectivity index (χ4n) is 2.86. The summed E-state index contributed by atoms with van der Waals surface area (Å²) >= 11 is 0. The number of nitrogens with zero attached hydrogens (tertiary/aromatic N) is 6. The Bertz CT molecular complexity index is 1020. The number of hydrogen-bond acceptors (Lipinski definition) is 6. The van der Waals surface area contributed by atoms with Crippen molar-refractivity contribution in [1.82, 2.24) is 25.2 Å². The molecule has 1 atom stereocenters. The zero-order valence-corrected chi connectivity index (χ0v) is 17.9. The Hall–Kier alpha value is -3.55. The largest absolute Gasteiger partial charge is 0.419 e. The van der Waals surface area contributed by atoms with E-state index in [0.717, 1.165) is 15.8 Å². The molecule has 0 spiro atoms. The van der Waals surface area contributed by atoms with Crippen molar-refractivity contribution in [2.45, 2.75) is 25.6 Å². The van der Waals surface area contributed by atoms with Crippen LogP contribution >= 0.6 is 0 Å². The molecule has 184 valence electrons. The van der Waals surface area contributed by atoms with Gasteiger partial charge in [-0.15, -0.1) is 4.80 Å². The van der Waals surface area contributed by atoms with E-state index in [1.807, 2.05) is 0 Å². The van der Waals surface area contributed by atoms with Crippen molar-refractivity contribution in [3.8, 4) is 5.69 Å². The summed E-state index contributed by atoms with van der Waals surface area (Å²) in [4.78, 5) is 21.4. The average Bonchev–Trinajstić information content (AvgIpc) is 3.29. The second-order valence-electron chi connectivity index (χ2n) is 6.84. The molecule has 1 aromatic carbocycles. The Labute approximate surface area is 190 Å². The first kappa shape index (κ1) is 26.7. The number of allylic oxidation sites excluding steroid dienone is 1. The number of aromatic nitrogens is 3. The Morgan fingerprint density at radius 3 is 2.56 bits per heavy atom. The number of para-hydroxylation sites is 1. The molecule has 0 aliphatic carbocycles. The quantitative estimate of drug-likeness (QED) is 0.298. The summed E-state index contributed by atoms with van der Waals surface area (Å²) in [5.41, 5.74) is -1.67. The van der Waals surface area contributed by atoms with Gasteiger partial charge in [0.15, 0.2) is 5.82 Å². The predicted octanol–water partition coefficient (Wildman–Crippen LogP) is 3.27. The molecule has 8 nitrogen and oxygen atoms in total. The number of carbonyl (C=O) groups is 1. The number of carbonyl (C=O) groups excluding carboxylic acids is 1. The fraction of sp³-hybridized carbons (Fsp3) is 0.350. The van der Waals surface area contributed by atoms with E-state index in [-0.39, 0.29) is 24.5 Å². The van der Waals surface area contributed by atoms with Crippen LogP contribution in [0.4, 0.5) is 26.3 Å². The van der Waals surface area contributed by atoms with Crippen LogP contribution in [0.5, 0.6) is 0 Å². The van der Waals surface area contributed by atoms with Crippen LogP contribution in [-0.4, -0.2) is 77.1 Å². The predicted molar refractivity (Wildman–Crippen MR) is 113 cm³/mol. The van der Waals surface area contributed by atoms with Gasteiger partial charge in [0.2, 0.25) is 0 Å². The molecule has 0 aliphatic heterocycles. The number of rotatable bonds is 11. The van der Waals surface area contributed by atoms with Crippen LogP contribution in [0.1, 0.15) is 17.3 Å². The van der Waals surface area contributed by atoms with Gasteiger partial charge in [-0.2, -0.15) is 23.4 Å². The van der Waals surface area contributed by atoms with Crippen molar-refractivity contribution in [3.05, 3.63) is 53.7 Å². The Morgan fingerprint density at radius 1 is 1.29 bits per heavy atom. The summed E-state index contributed by atoms with van der Waals surface area (Å²) in [6, 6.07) is 2.72. The van der Waals surface area contributed by atoms with E-state index in [1.165, 1.54) is 31.5 Å². The third-order valence-corrected chi connectivity index (χ3v) is 4.39. The summed E-state index contributed by atoms with van der Waals surface area (Å²) in [7, 11) is 0. The van der Waals surface area contributed by atoms with Gasteiger partial charge in [0.05, 0.1) is 36.7 Å². The minimum atomic E-state index is -4.68. The zero-order valence-electron chi connectivity index (χ0n) is 17.9. The van der Waals surface area contributed by atoms with Gasteiger partial charge < -0.3 is 4.90 Å². The lowest BCUT2D eigenvalue weighted by molar-refractivity contribution is -0.0857. The number of aliphatic imine (C=N–C) groups is 2. The zero-order chi connectivity index (χ0) is 25.3. The standard InChI is InChI=1S/C20H21F6N7O/c1-13(8-28-12-29-10-14(9-27-2)20(24,25)26)32(11-17(22)23)19(34)15-4-3-5-16(21)18(15)33-30-6-7-31-33/h3-7,9-10,13,17,28H,2,8,11-12H2,1H3/b14-9+,29-10-/t13-/m0/s1. The molecule has 14 heteroatoms. The topological polar surface area (TPSA) is 87.8 Å². The molecule has 1 aromatic heterocycles.